The number of rotatable bonds is 4. The van der Waals surface area contributed by atoms with Crippen molar-refractivity contribution in [2.24, 2.45) is 5.92 Å². The first-order valence-corrected chi connectivity index (χ1v) is 12.0. The summed E-state index contributed by atoms with van der Waals surface area (Å²) < 4.78 is 38.6. The maximum atomic E-state index is 13.1. The molecule has 0 saturated carbocycles. The van der Waals surface area contributed by atoms with Crippen LogP contribution in [0.2, 0.25) is 0 Å². The summed E-state index contributed by atoms with van der Waals surface area (Å²) in [6.07, 6.45) is 2.66. The van der Waals surface area contributed by atoms with Gasteiger partial charge in [0.25, 0.3) is 0 Å². The summed E-state index contributed by atoms with van der Waals surface area (Å²) in [6, 6.07) is 14.1. The first-order chi connectivity index (χ1) is 15.5. The Hall–Kier alpha value is -3.17. The van der Waals surface area contributed by atoms with E-state index in [-0.39, 0.29) is 29.8 Å². The Morgan fingerprint density at radius 1 is 1.00 bits per heavy atom. The molecule has 0 atom stereocenters. The Balaban J connectivity index is 1.23. The van der Waals surface area contributed by atoms with Crippen molar-refractivity contribution >= 4 is 32.5 Å². The molecule has 166 valence electrons. The van der Waals surface area contributed by atoms with E-state index in [1.165, 1.54) is 16.4 Å². The quantitative estimate of drug-likeness (QED) is 0.652. The average molecular weight is 454 g/mol. The number of piperidine rings is 1. The number of pyridine rings is 1. The predicted octanol–water partition coefficient (Wildman–Crippen LogP) is 3.05. The van der Waals surface area contributed by atoms with Crippen LogP contribution in [-0.2, 0) is 14.8 Å². The fourth-order valence-electron chi connectivity index (χ4n) is 4.09. The smallest absolute Gasteiger partial charge is 0.243 e. The predicted molar refractivity (Wildman–Crippen MR) is 119 cm³/mol. The molecular weight excluding hydrogens is 430 g/mol. The average Bonchev–Trinajstić information content (AvgIpc) is 2.83. The van der Waals surface area contributed by atoms with Gasteiger partial charge in [0.1, 0.15) is 13.2 Å². The number of nitrogens with one attached hydrogen (secondary N) is 1. The van der Waals surface area contributed by atoms with Gasteiger partial charge in [0.2, 0.25) is 15.9 Å². The topological polar surface area (TPSA) is 97.8 Å². The molecule has 1 saturated heterocycles. The van der Waals surface area contributed by atoms with Gasteiger partial charge in [-0.3, -0.25) is 9.78 Å². The largest absolute Gasteiger partial charge is 0.486 e. The van der Waals surface area contributed by atoms with Crippen LogP contribution in [0.1, 0.15) is 12.8 Å². The molecular formula is C23H23N3O5S. The van der Waals surface area contributed by atoms with Crippen molar-refractivity contribution in [3.05, 3.63) is 54.7 Å². The second-order valence-electron chi connectivity index (χ2n) is 7.88. The zero-order valence-corrected chi connectivity index (χ0v) is 18.2. The molecule has 1 amide bonds. The second-order valence-corrected chi connectivity index (χ2v) is 9.82. The van der Waals surface area contributed by atoms with Crippen molar-refractivity contribution in [1.29, 1.82) is 0 Å². The first-order valence-electron chi connectivity index (χ1n) is 10.6. The van der Waals surface area contributed by atoms with Crippen molar-refractivity contribution in [1.82, 2.24) is 9.29 Å². The molecule has 0 spiro atoms. The number of carbonyl (C=O) groups is 1. The Labute approximate surface area is 186 Å². The minimum atomic E-state index is -3.67. The SMILES string of the molecule is O=C(Nc1ccc2ncccc2c1)C1CCN(S(=O)(=O)c2ccc3c(c2)OCCO3)CC1. The Morgan fingerprint density at radius 3 is 2.59 bits per heavy atom. The van der Waals surface area contributed by atoms with Crippen molar-refractivity contribution in [2.75, 3.05) is 31.6 Å². The molecule has 0 bridgehead atoms. The summed E-state index contributed by atoms with van der Waals surface area (Å²) >= 11 is 0. The number of anilines is 1. The molecule has 32 heavy (non-hydrogen) atoms. The number of sulfonamides is 1. The molecule has 9 heteroatoms. The van der Waals surface area contributed by atoms with E-state index in [4.69, 9.17) is 9.47 Å². The number of amides is 1. The van der Waals surface area contributed by atoms with Crippen LogP contribution in [0, 0.1) is 5.92 Å². The van der Waals surface area contributed by atoms with Crippen molar-refractivity contribution in [2.45, 2.75) is 17.7 Å². The molecule has 1 fully saturated rings. The van der Waals surface area contributed by atoms with Crippen LogP contribution in [-0.4, -0.2) is 49.9 Å². The van der Waals surface area contributed by atoms with Gasteiger partial charge in [-0.05, 0) is 49.2 Å². The summed E-state index contributed by atoms with van der Waals surface area (Å²) in [7, 11) is -3.67. The van der Waals surface area contributed by atoms with Gasteiger partial charge in [0, 0.05) is 42.3 Å². The van der Waals surface area contributed by atoms with Gasteiger partial charge < -0.3 is 14.8 Å². The van der Waals surface area contributed by atoms with E-state index >= 15 is 0 Å². The van der Waals surface area contributed by atoms with Crippen LogP contribution in [0.5, 0.6) is 11.5 Å². The maximum absolute atomic E-state index is 13.1. The Morgan fingerprint density at radius 2 is 1.78 bits per heavy atom. The van der Waals surface area contributed by atoms with Gasteiger partial charge in [0.05, 0.1) is 10.4 Å². The van der Waals surface area contributed by atoms with Crippen molar-refractivity contribution in [3.8, 4) is 11.5 Å². The summed E-state index contributed by atoms with van der Waals surface area (Å²) in [5.41, 5.74) is 1.57. The lowest BCUT2D eigenvalue weighted by molar-refractivity contribution is -0.120. The van der Waals surface area contributed by atoms with E-state index in [1.54, 1.807) is 12.3 Å². The van der Waals surface area contributed by atoms with Crippen molar-refractivity contribution in [3.63, 3.8) is 0 Å². The zero-order valence-electron chi connectivity index (χ0n) is 17.4. The van der Waals surface area contributed by atoms with Crippen LogP contribution in [0.15, 0.2) is 59.6 Å². The second kappa shape index (κ2) is 8.40. The lowest BCUT2D eigenvalue weighted by Crippen LogP contribution is -2.41. The number of ether oxygens (including phenoxy) is 2. The van der Waals surface area contributed by atoms with Crippen LogP contribution < -0.4 is 14.8 Å². The summed E-state index contributed by atoms with van der Waals surface area (Å²) in [6.45, 7) is 1.42. The third-order valence-electron chi connectivity index (χ3n) is 5.85. The van der Waals surface area contributed by atoms with Crippen LogP contribution in [0.4, 0.5) is 5.69 Å². The van der Waals surface area contributed by atoms with Gasteiger partial charge in [0.15, 0.2) is 11.5 Å². The minimum Gasteiger partial charge on any atom is -0.486 e. The monoisotopic (exact) mass is 453 g/mol. The number of fused-ring (bicyclic) bond motifs is 2. The highest BCUT2D eigenvalue weighted by Gasteiger charge is 2.33. The van der Waals surface area contributed by atoms with Gasteiger partial charge in [-0.15, -0.1) is 0 Å². The molecule has 0 aliphatic carbocycles. The molecule has 1 aromatic heterocycles. The number of nitrogens with zero attached hydrogens (tertiary/aromatic N) is 2. The zero-order chi connectivity index (χ0) is 22.1. The van der Waals surface area contributed by atoms with Gasteiger partial charge >= 0.3 is 0 Å². The number of aromatic nitrogens is 1. The number of hydrogen-bond donors (Lipinski definition) is 1. The highest BCUT2D eigenvalue weighted by atomic mass is 32.2. The van der Waals surface area contributed by atoms with E-state index < -0.39 is 10.0 Å². The van der Waals surface area contributed by atoms with Crippen LogP contribution in [0.3, 0.4) is 0 Å². The van der Waals surface area contributed by atoms with E-state index in [0.29, 0.717) is 43.2 Å². The molecule has 2 aliphatic heterocycles. The lowest BCUT2D eigenvalue weighted by atomic mass is 9.97. The van der Waals surface area contributed by atoms with Crippen molar-refractivity contribution < 1.29 is 22.7 Å². The van der Waals surface area contributed by atoms with E-state index in [9.17, 15) is 13.2 Å². The number of benzene rings is 2. The third-order valence-corrected chi connectivity index (χ3v) is 7.74. The summed E-state index contributed by atoms with van der Waals surface area (Å²) in [5.74, 6) is 0.656. The molecule has 1 N–H and O–H groups in total. The molecule has 3 heterocycles. The van der Waals surface area contributed by atoms with Crippen LogP contribution in [0.25, 0.3) is 10.9 Å². The minimum absolute atomic E-state index is 0.0929. The number of hydrogen-bond acceptors (Lipinski definition) is 6. The normalized spacial score (nSPS) is 17.2. The van der Waals surface area contributed by atoms with E-state index in [2.05, 4.69) is 10.3 Å². The van der Waals surface area contributed by atoms with E-state index in [0.717, 1.165) is 10.9 Å². The molecule has 8 nitrogen and oxygen atoms in total. The molecule has 2 aliphatic rings. The first kappa shape index (κ1) is 20.7. The highest BCUT2D eigenvalue weighted by molar-refractivity contribution is 7.89. The fraction of sp³-hybridized carbons (Fsp3) is 0.304. The van der Waals surface area contributed by atoms with E-state index in [1.807, 2.05) is 30.3 Å². The van der Waals surface area contributed by atoms with Gasteiger partial charge in [-0.25, -0.2) is 8.42 Å². The molecule has 2 aromatic carbocycles. The molecule has 5 rings (SSSR count). The fourth-order valence-corrected chi connectivity index (χ4v) is 5.57. The Kier molecular flexibility index (Phi) is 5.44. The van der Waals surface area contributed by atoms with Gasteiger partial charge in [-0.1, -0.05) is 6.07 Å². The maximum Gasteiger partial charge on any atom is 0.243 e. The summed E-state index contributed by atoms with van der Waals surface area (Å²) in [5, 5.41) is 3.91. The lowest BCUT2D eigenvalue weighted by Gasteiger charge is -2.31. The standard InChI is InChI=1S/C23H23N3O5S/c27-23(25-18-3-5-20-17(14-18)2-1-9-24-20)16-7-10-26(11-8-16)32(28,29)19-4-6-21-22(15-19)31-13-12-30-21/h1-6,9,14-16H,7-8,10-13H2,(H,25,27). The number of carbonyl (C=O) groups excluding carboxylic acids is 1. The molecule has 0 radical (unpaired) electrons. The molecule has 3 aromatic rings. The van der Waals surface area contributed by atoms with Gasteiger partial charge in [-0.2, -0.15) is 4.31 Å². The highest BCUT2D eigenvalue weighted by Crippen LogP contribution is 2.34. The molecule has 0 unspecified atom stereocenters. The third kappa shape index (κ3) is 4.01. The Bertz CT molecular complexity index is 1270. The van der Waals surface area contributed by atoms with Crippen LogP contribution >= 0.6 is 0 Å². The summed E-state index contributed by atoms with van der Waals surface area (Å²) in [4.78, 5) is 17.2.